The molecule has 1 saturated heterocycles. The normalized spacial score (nSPS) is 22.8. The largest absolute Gasteiger partial charge is 0.444 e. The molecule has 1 N–H and O–H groups in total. The Kier molecular flexibility index (Phi) is 6.14. The summed E-state index contributed by atoms with van der Waals surface area (Å²) in [4.78, 5) is 12.3. The third-order valence-electron chi connectivity index (χ3n) is 5.25. The van der Waals surface area contributed by atoms with E-state index >= 15 is 0 Å². The summed E-state index contributed by atoms with van der Waals surface area (Å²) in [7, 11) is -3.97. The molecule has 2 atom stereocenters. The van der Waals surface area contributed by atoms with Gasteiger partial charge in [-0.25, -0.2) is 13.2 Å². The number of nitrogens with zero attached hydrogens (tertiary/aromatic N) is 3. The number of aromatic nitrogens is 2. The molecule has 2 aromatic rings. The molecule has 2 aliphatic heterocycles. The van der Waals surface area contributed by atoms with Crippen LogP contribution in [-0.2, 0) is 26.0 Å². The molecule has 1 fully saturated rings. The molecule has 0 saturated carbocycles. The fourth-order valence-corrected chi connectivity index (χ4v) is 5.67. The van der Waals surface area contributed by atoms with Gasteiger partial charge in [0, 0.05) is 18.7 Å². The summed E-state index contributed by atoms with van der Waals surface area (Å²) in [5.74, 6) is -1.04. The SMILES string of the molecule is CC(C)(C)OC(=O)N[C@@H]1CCOC[C@H]1N1Cc2ccc(-c3nnc(C(F)F)o3)cc2S1(=O)=O. The molecule has 13 heteroatoms. The Morgan fingerprint density at radius 2 is 2.06 bits per heavy atom. The molecule has 0 aliphatic carbocycles. The molecule has 1 aromatic carbocycles. The topological polar surface area (TPSA) is 124 Å². The monoisotopic (exact) mass is 486 g/mol. The van der Waals surface area contributed by atoms with E-state index < -0.39 is 46.1 Å². The van der Waals surface area contributed by atoms with Crippen molar-refractivity contribution in [2.75, 3.05) is 13.2 Å². The van der Waals surface area contributed by atoms with Crippen molar-refractivity contribution < 1.29 is 35.9 Å². The lowest BCUT2D eigenvalue weighted by Crippen LogP contribution is -2.57. The first-order valence-corrected chi connectivity index (χ1v) is 11.7. The fourth-order valence-electron chi connectivity index (χ4n) is 3.81. The molecule has 10 nitrogen and oxygen atoms in total. The Balaban J connectivity index is 1.58. The highest BCUT2D eigenvalue weighted by molar-refractivity contribution is 7.89. The van der Waals surface area contributed by atoms with Gasteiger partial charge < -0.3 is 19.2 Å². The van der Waals surface area contributed by atoms with Gasteiger partial charge >= 0.3 is 12.5 Å². The lowest BCUT2D eigenvalue weighted by Gasteiger charge is -2.37. The van der Waals surface area contributed by atoms with Gasteiger partial charge in [0.15, 0.2) is 0 Å². The molecule has 0 bridgehead atoms. The van der Waals surface area contributed by atoms with E-state index in [-0.39, 0.29) is 29.5 Å². The molecular weight excluding hydrogens is 462 g/mol. The number of carbonyl (C=O) groups is 1. The molecule has 33 heavy (non-hydrogen) atoms. The molecule has 0 radical (unpaired) electrons. The van der Waals surface area contributed by atoms with Crippen LogP contribution >= 0.6 is 0 Å². The zero-order valence-electron chi connectivity index (χ0n) is 18.2. The summed E-state index contributed by atoms with van der Waals surface area (Å²) in [6.07, 6.45) is -3.15. The number of hydrogen-bond donors (Lipinski definition) is 1. The van der Waals surface area contributed by atoms with Gasteiger partial charge in [0.25, 0.3) is 5.89 Å². The van der Waals surface area contributed by atoms with Crippen LogP contribution < -0.4 is 5.32 Å². The number of alkyl carbamates (subject to hydrolysis) is 1. The first-order chi connectivity index (χ1) is 15.5. The minimum atomic E-state index is -3.97. The number of ether oxygens (including phenoxy) is 2. The molecule has 4 rings (SSSR count). The summed E-state index contributed by atoms with van der Waals surface area (Å²) in [6, 6.07) is 3.28. The number of fused-ring (bicyclic) bond motifs is 1. The highest BCUT2D eigenvalue weighted by Gasteiger charge is 2.44. The van der Waals surface area contributed by atoms with Gasteiger partial charge in [0.1, 0.15) is 5.60 Å². The van der Waals surface area contributed by atoms with E-state index in [4.69, 9.17) is 13.9 Å². The van der Waals surface area contributed by atoms with Crippen molar-refractivity contribution in [3.63, 3.8) is 0 Å². The number of hydrogen-bond acceptors (Lipinski definition) is 8. The van der Waals surface area contributed by atoms with E-state index in [1.807, 2.05) is 0 Å². The van der Waals surface area contributed by atoms with Gasteiger partial charge in [-0.1, -0.05) is 6.07 Å². The first-order valence-electron chi connectivity index (χ1n) is 10.3. The predicted octanol–water partition coefficient (Wildman–Crippen LogP) is 2.86. The molecule has 0 unspecified atom stereocenters. The van der Waals surface area contributed by atoms with Crippen LogP contribution in [0.1, 0.15) is 45.1 Å². The molecule has 0 spiro atoms. The van der Waals surface area contributed by atoms with Crippen molar-refractivity contribution in [3.8, 4) is 11.5 Å². The molecular formula is C20H24F2N4O6S. The van der Waals surface area contributed by atoms with E-state index in [0.29, 0.717) is 18.6 Å². The van der Waals surface area contributed by atoms with Crippen molar-refractivity contribution in [2.45, 2.75) is 62.7 Å². The number of sulfonamides is 1. The van der Waals surface area contributed by atoms with Crippen LogP contribution in [0.2, 0.25) is 0 Å². The van der Waals surface area contributed by atoms with E-state index in [9.17, 15) is 22.0 Å². The second kappa shape index (κ2) is 8.61. The van der Waals surface area contributed by atoms with Gasteiger partial charge in [-0.3, -0.25) is 0 Å². The number of rotatable bonds is 4. The van der Waals surface area contributed by atoms with Crippen molar-refractivity contribution >= 4 is 16.1 Å². The average Bonchev–Trinajstić information content (AvgIpc) is 3.30. The maximum atomic E-state index is 13.4. The van der Waals surface area contributed by atoms with Crippen LogP contribution in [0.4, 0.5) is 13.6 Å². The number of amides is 1. The third kappa shape index (κ3) is 4.84. The third-order valence-corrected chi connectivity index (χ3v) is 7.21. The number of carbonyl (C=O) groups excluding carboxylic acids is 1. The second-order valence-electron chi connectivity index (χ2n) is 8.80. The van der Waals surface area contributed by atoms with Gasteiger partial charge in [0.2, 0.25) is 15.9 Å². The summed E-state index contributed by atoms with van der Waals surface area (Å²) < 4.78 is 69.3. The minimum Gasteiger partial charge on any atom is -0.444 e. The summed E-state index contributed by atoms with van der Waals surface area (Å²) in [5, 5.41) is 9.62. The Morgan fingerprint density at radius 1 is 1.30 bits per heavy atom. The fraction of sp³-hybridized carbons (Fsp3) is 0.550. The second-order valence-corrected chi connectivity index (χ2v) is 10.7. The van der Waals surface area contributed by atoms with Crippen LogP contribution in [0.3, 0.4) is 0 Å². The Hall–Kier alpha value is -2.64. The van der Waals surface area contributed by atoms with E-state index in [1.54, 1.807) is 26.8 Å². The standard InChI is InChI=1S/C20H24F2N4O6S/c1-20(2,3)32-19(27)23-13-6-7-30-10-14(13)26-9-12-5-4-11(8-15(12)33(26,28)29)17-24-25-18(31-17)16(21)22/h4-5,8,13-14,16H,6-7,9-10H2,1-3H3,(H,23,27)/t13-,14-/m1/s1. The summed E-state index contributed by atoms with van der Waals surface area (Å²) in [5.41, 5.74) is 0.0339. The van der Waals surface area contributed by atoms with Crippen LogP contribution in [-0.4, -0.2) is 59.9 Å². The molecule has 1 aromatic heterocycles. The van der Waals surface area contributed by atoms with Crippen LogP contribution in [0.5, 0.6) is 0 Å². The van der Waals surface area contributed by atoms with E-state index in [0.717, 1.165) is 0 Å². The van der Waals surface area contributed by atoms with Gasteiger partial charge in [-0.2, -0.15) is 13.1 Å². The summed E-state index contributed by atoms with van der Waals surface area (Å²) in [6.45, 7) is 5.75. The van der Waals surface area contributed by atoms with Crippen molar-refractivity contribution in [1.82, 2.24) is 19.8 Å². The smallest absolute Gasteiger partial charge is 0.407 e. The van der Waals surface area contributed by atoms with Crippen molar-refractivity contribution in [2.24, 2.45) is 0 Å². The first kappa shape index (κ1) is 23.5. The van der Waals surface area contributed by atoms with Crippen LogP contribution in [0.25, 0.3) is 11.5 Å². The number of alkyl halides is 2. The zero-order chi connectivity index (χ0) is 24.0. The Labute approximate surface area is 189 Å². The number of benzene rings is 1. The lowest BCUT2D eigenvalue weighted by atomic mass is 10.0. The lowest BCUT2D eigenvalue weighted by molar-refractivity contribution is 0.0121. The van der Waals surface area contributed by atoms with Crippen LogP contribution in [0.15, 0.2) is 27.5 Å². The molecule has 2 aliphatic rings. The Morgan fingerprint density at radius 3 is 2.73 bits per heavy atom. The highest BCUT2D eigenvalue weighted by Crippen LogP contribution is 2.36. The van der Waals surface area contributed by atoms with Crippen molar-refractivity contribution in [3.05, 3.63) is 29.7 Å². The van der Waals surface area contributed by atoms with Crippen molar-refractivity contribution in [1.29, 1.82) is 0 Å². The Bertz CT molecular complexity index is 1150. The highest BCUT2D eigenvalue weighted by atomic mass is 32.2. The average molecular weight is 486 g/mol. The van der Waals surface area contributed by atoms with Gasteiger partial charge in [-0.05, 0) is 44.9 Å². The van der Waals surface area contributed by atoms with Crippen LogP contribution in [0, 0.1) is 0 Å². The molecule has 180 valence electrons. The maximum absolute atomic E-state index is 13.4. The number of nitrogens with one attached hydrogen (secondary N) is 1. The van der Waals surface area contributed by atoms with E-state index in [1.165, 1.54) is 16.4 Å². The minimum absolute atomic E-state index is 0.0124. The zero-order valence-corrected chi connectivity index (χ0v) is 19.1. The number of halogens is 2. The van der Waals surface area contributed by atoms with Gasteiger partial charge in [0.05, 0.1) is 23.6 Å². The quantitative estimate of drug-likeness (QED) is 0.700. The summed E-state index contributed by atoms with van der Waals surface area (Å²) >= 11 is 0. The van der Waals surface area contributed by atoms with Gasteiger partial charge in [-0.15, -0.1) is 10.2 Å². The van der Waals surface area contributed by atoms with E-state index in [2.05, 4.69) is 15.5 Å². The molecule has 3 heterocycles. The predicted molar refractivity (Wildman–Crippen MR) is 110 cm³/mol. The maximum Gasteiger partial charge on any atom is 0.407 e. The molecule has 1 amide bonds.